The molecule has 0 saturated carbocycles. The van der Waals surface area contributed by atoms with Gasteiger partial charge < -0.3 is 69.4 Å². The van der Waals surface area contributed by atoms with Gasteiger partial charge in [-0.2, -0.15) is 9.48 Å². The van der Waals surface area contributed by atoms with Crippen LogP contribution in [0.4, 0.5) is 16.2 Å². The van der Waals surface area contributed by atoms with Crippen molar-refractivity contribution in [1.29, 1.82) is 0 Å². The Morgan fingerprint density at radius 3 is 1.68 bits per heavy atom. The first-order valence-electron chi connectivity index (χ1n) is 25.2. The molecule has 74 heavy (non-hydrogen) atoms. The highest BCUT2D eigenvalue weighted by Gasteiger charge is 2.35. The molecule has 2 aliphatic carbocycles. The van der Waals surface area contributed by atoms with Crippen LogP contribution in [0.2, 0.25) is 0 Å². The number of amides is 3. The molecule has 4 aromatic rings. The van der Waals surface area contributed by atoms with E-state index in [4.69, 9.17) is 24.1 Å². The number of nitrogens with one attached hydrogen (secondary N) is 3. The maximum absolute atomic E-state index is 13.6. The number of aromatic nitrogens is 2. The topological polar surface area (TPSA) is 213 Å². The average molecular weight is 1010 g/mol. The summed E-state index contributed by atoms with van der Waals surface area (Å²) in [4.78, 5) is 41.6. The number of carbonyl (C=O) groups is 3. The third-order valence-electron chi connectivity index (χ3n) is 14.4. The van der Waals surface area contributed by atoms with E-state index in [2.05, 4.69) is 63.1 Å². The normalized spacial score (nSPS) is 19.1. The lowest BCUT2D eigenvalue weighted by Gasteiger charge is -2.34. The molecule has 3 aliphatic heterocycles. The van der Waals surface area contributed by atoms with Crippen LogP contribution in [0.1, 0.15) is 62.5 Å². The summed E-state index contributed by atoms with van der Waals surface area (Å²) < 4.78 is 30.1. The van der Waals surface area contributed by atoms with Crippen LogP contribution in [0.5, 0.6) is 23.0 Å². The molecular formula is C55H65N9O10. The molecule has 4 atom stereocenters. The summed E-state index contributed by atoms with van der Waals surface area (Å²) in [6, 6.07) is 14.2. The van der Waals surface area contributed by atoms with Crippen LogP contribution in [-0.2, 0) is 22.7 Å². The van der Waals surface area contributed by atoms with Gasteiger partial charge in [-0.15, -0.1) is 0 Å². The first kappa shape index (κ1) is 51.0. The van der Waals surface area contributed by atoms with Gasteiger partial charge in [0.25, 0.3) is 0 Å². The molecule has 0 spiro atoms. The van der Waals surface area contributed by atoms with E-state index in [1.165, 1.54) is 24.4 Å². The van der Waals surface area contributed by atoms with Gasteiger partial charge in [0.1, 0.15) is 12.1 Å². The highest BCUT2D eigenvalue weighted by atomic mass is 16.5. The number of piperazine rings is 1. The molecule has 2 aromatic carbocycles. The summed E-state index contributed by atoms with van der Waals surface area (Å²) in [7, 11) is 5.29. The maximum atomic E-state index is 13.6. The van der Waals surface area contributed by atoms with Crippen molar-refractivity contribution in [3.05, 3.63) is 130 Å². The number of hydroxylamine groups is 2. The van der Waals surface area contributed by atoms with Crippen LogP contribution < -0.4 is 39.8 Å². The molecule has 19 heteroatoms. The molecule has 4 N–H and O–H groups in total. The van der Waals surface area contributed by atoms with Gasteiger partial charge in [-0.3, -0.25) is 9.59 Å². The molecule has 5 aliphatic rings. The van der Waals surface area contributed by atoms with Crippen molar-refractivity contribution < 1.29 is 47.9 Å². The molecule has 2 aromatic heterocycles. The van der Waals surface area contributed by atoms with Crippen molar-refractivity contribution in [3.63, 3.8) is 0 Å². The number of carboxylic acid groups (broad SMARTS) is 1. The second-order valence-corrected chi connectivity index (χ2v) is 19.8. The second kappa shape index (κ2) is 22.0. The Morgan fingerprint density at radius 1 is 0.703 bits per heavy atom. The predicted octanol–water partition coefficient (Wildman–Crippen LogP) is 6.50. The Labute approximate surface area is 430 Å². The van der Waals surface area contributed by atoms with Crippen molar-refractivity contribution in [2.45, 2.75) is 65.2 Å². The summed E-state index contributed by atoms with van der Waals surface area (Å²) in [5, 5.41) is 43.9. The van der Waals surface area contributed by atoms with E-state index >= 15 is 0 Å². The third kappa shape index (κ3) is 11.0. The molecule has 5 heterocycles. The minimum Gasteiger partial charge on any atom is -0.618 e. The van der Waals surface area contributed by atoms with Gasteiger partial charge in [-0.1, -0.05) is 50.3 Å². The van der Waals surface area contributed by atoms with E-state index in [0.29, 0.717) is 90.6 Å². The summed E-state index contributed by atoms with van der Waals surface area (Å²) in [6.45, 7) is 10.8. The number of carbonyl (C=O) groups excluding carboxylic acids is 2. The molecular weight excluding hydrogens is 947 g/mol. The van der Waals surface area contributed by atoms with Gasteiger partial charge in [0.05, 0.1) is 51.7 Å². The fraction of sp³-hybridized carbons (Fsp3) is 0.400. The number of nitrogens with zero attached hydrogens (tertiary/aromatic N) is 6. The van der Waals surface area contributed by atoms with Gasteiger partial charge in [0.15, 0.2) is 45.8 Å². The number of methoxy groups -OCH3 is 2. The lowest BCUT2D eigenvalue weighted by atomic mass is 9.87. The Balaban J connectivity index is 0.781. The minimum absolute atomic E-state index is 0.0455. The summed E-state index contributed by atoms with van der Waals surface area (Å²) in [6.07, 6.45) is 15.1. The summed E-state index contributed by atoms with van der Waals surface area (Å²) >= 11 is 0. The smallest absolute Gasteiger partial charge is 0.405 e. The average Bonchev–Trinajstić information content (AvgIpc) is 3.79. The molecule has 390 valence electrons. The van der Waals surface area contributed by atoms with E-state index in [1.807, 2.05) is 51.9 Å². The van der Waals surface area contributed by atoms with Crippen molar-refractivity contribution in [1.82, 2.24) is 24.7 Å². The van der Waals surface area contributed by atoms with Crippen LogP contribution >= 0.6 is 0 Å². The van der Waals surface area contributed by atoms with Crippen LogP contribution in [0.3, 0.4) is 0 Å². The molecule has 9 rings (SSSR count). The zero-order valence-electron chi connectivity index (χ0n) is 42.7. The highest BCUT2D eigenvalue weighted by Crippen LogP contribution is 2.41. The van der Waals surface area contributed by atoms with E-state index in [1.54, 1.807) is 46.4 Å². The number of rotatable bonds is 17. The molecule has 1 fully saturated rings. The Hall–Kier alpha value is -7.93. The quantitative estimate of drug-likeness (QED) is 0.0507. The fourth-order valence-electron chi connectivity index (χ4n) is 10.3. The number of ether oxygens (including phenoxy) is 4. The fourth-order valence-corrected chi connectivity index (χ4v) is 10.3. The SMILES string of the molecule is COc1c(OCCCOc2cn3c(c2OC)C=[N+]([O-])C2=CC=C(c4ccc(N5CCN(C)CC5)cc4)CC2C3)cn2c1C=[N+]([O-])C1=CC=C(c3ccc(NC(=O)C(C)NC(=O)C(NC(=O)O)C(C)C)cc3)CC1C2. The number of allylic oxidation sites excluding steroid dienone is 8. The monoisotopic (exact) mass is 1010 g/mol. The molecule has 0 bridgehead atoms. The second-order valence-electron chi connectivity index (χ2n) is 19.8. The lowest BCUT2D eigenvalue weighted by molar-refractivity contribution is -0.404. The Kier molecular flexibility index (Phi) is 15.2. The molecule has 1 saturated heterocycles. The van der Waals surface area contributed by atoms with Crippen LogP contribution in [0.15, 0.2) is 96.6 Å². The van der Waals surface area contributed by atoms with Gasteiger partial charge >= 0.3 is 6.09 Å². The van der Waals surface area contributed by atoms with E-state index in [9.17, 15) is 24.8 Å². The minimum atomic E-state index is -1.32. The van der Waals surface area contributed by atoms with E-state index in [0.717, 1.165) is 58.8 Å². The van der Waals surface area contributed by atoms with Gasteiger partial charge in [0.2, 0.25) is 24.2 Å². The van der Waals surface area contributed by atoms with Crippen molar-refractivity contribution in [3.8, 4) is 23.0 Å². The van der Waals surface area contributed by atoms with E-state index < -0.39 is 30.0 Å². The number of fused-ring (bicyclic) bond motifs is 4. The zero-order valence-corrected chi connectivity index (χ0v) is 42.7. The van der Waals surface area contributed by atoms with Crippen LogP contribution in [-0.4, -0.2) is 132 Å². The Morgan fingerprint density at radius 2 is 1.20 bits per heavy atom. The predicted molar refractivity (Wildman–Crippen MR) is 282 cm³/mol. The summed E-state index contributed by atoms with van der Waals surface area (Å²) in [5.74, 6) is 0.407. The first-order valence-corrected chi connectivity index (χ1v) is 25.2. The van der Waals surface area contributed by atoms with Crippen molar-refractivity contribution in [2.75, 3.05) is 70.9 Å². The van der Waals surface area contributed by atoms with Crippen LogP contribution in [0.25, 0.3) is 11.1 Å². The van der Waals surface area contributed by atoms with Crippen molar-refractivity contribution >= 4 is 52.9 Å². The van der Waals surface area contributed by atoms with E-state index in [-0.39, 0.29) is 17.8 Å². The molecule has 0 radical (unpaired) electrons. The van der Waals surface area contributed by atoms with Gasteiger partial charge in [-0.25, -0.2) is 4.79 Å². The maximum Gasteiger partial charge on any atom is 0.405 e. The molecule has 3 amide bonds. The first-order chi connectivity index (χ1) is 35.7. The number of anilines is 2. The Bertz CT molecular complexity index is 2950. The standard InChI is InChI=1S/C55H65N9O10/c1-34(2)50(58-55(67)68)54(66)56-35(3)53(65)57-42-14-8-36(9-15-42)38-12-18-44-40(26-38)28-61-32-48(51(71-5)46(61)30-63(44)69)73-24-7-25-74-49-33-62-29-41-27-39(13-19-45(41)64(70)31-47(62)52(49)72-6)37-10-16-43(17-11-37)60-22-20-59(4)21-23-60/h8-19,30-35,40-41,50,58H,7,20-29H2,1-6H3,(H,56,66)(H,57,65)(H,67,68). The summed E-state index contributed by atoms with van der Waals surface area (Å²) in [5.41, 5.74) is 8.60. The van der Waals surface area contributed by atoms with Gasteiger partial charge in [0, 0.05) is 69.2 Å². The van der Waals surface area contributed by atoms with Crippen LogP contribution in [0, 0.1) is 28.2 Å². The zero-order chi connectivity index (χ0) is 52.2. The highest BCUT2D eigenvalue weighted by molar-refractivity contribution is 5.98. The molecule has 19 nitrogen and oxygen atoms in total. The number of hydrogen-bond acceptors (Lipinski definition) is 11. The molecule has 4 unspecified atom stereocenters. The number of benzene rings is 2. The van der Waals surface area contributed by atoms with Gasteiger partial charge in [-0.05, 0) is 79.3 Å². The largest absolute Gasteiger partial charge is 0.618 e. The third-order valence-corrected chi connectivity index (χ3v) is 14.4. The lowest BCUT2D eigenvalue weighted by Crippen LogP contribution is -2.53. The number of likely N-dealkylation sites (N-methyl/N-ethyl adjacent to an activating group) is 1. The number of hydrogen-bond donors (Lipinski definition) is 4. The van der Waals surface area contributed by atoms with Crippen molar-refractivity contribution in [2.24, 2.45) is 17.8 Å².